The maximum Gasteiger partial charge on any atom is 0.120 e. The Morgan fingerprint density at radius 2 is 1.69 bits per heavy atom. The summed E-state index contributed by atoms with van der Waals surface area (Å²) in [7, 11) is 0. The van der Waals surface area contributed by atoms with Gasteiger partial charge in [0.25, 0.3) is 0 Å². The molecule has 5 heteroatoms. The number of hydrogen-bond acceptors (Lipinski definition) is 3. The zero-order valence-corrected chi connectivity index (χ0v) is 30.3. The summed E-state index contributed by atoms with van der Waals surface area (Å²) < 4.78 is 8.53. The first-order chi connectivity index (χ1) is 22.9. The van der Waals surface area contributed by atoms with E-state index in [4.69, 9.17) is 9.40 Å². The molecule has 1 radical (unpaired) electrons. The van der Waals surface area contributed by atoms with Crippen LogP contribution in [0.2, 0.25) is 0 Å². The van der Waals surface area contributed by atoms with E-state index in [-0.39, 0.29) is 25.6 Å². The maximum atomic E-state index is 6.13. The van der Waals surface area contributed by atoms with Crippen molar-refractivity contribution in [3.05, 3.63) is 126 Å². The number of fused-ring (bicyclic) bond motifs is 3. The van der Waals surface area contributed by atoms with Crippen LogP contribution in [-0.4, -0.2) is 14.5 Å². The van der Waals surface area contributed by atoms with Gasteiger partial charge in [0.05, 0.1) is 28.0 Å². The predicted molar refractivity (Wildman–Crippen MR) is 193 cm³/mol. The molecule has 4 aromatic carbocycles. The first-order valence-electron chi connectivity index (χ1n) is 16.9. The van der Waals surface area contributed by atoms with Crippen LogP contribution in [0.25, 0.3) is 61.7 Å². The zero-order chi connectivity index (χ0) is 32.1. The number of para-hydroxylation sites is 2. The van der Waals surface area contributed by atoms with Gasteiger partial charge in [0, 0.05) is 31.7 Å². The molecule has 4 nitrogen and oxygen atoms in total. The molecule has 2 aliphatic rings. The summed E-state index contributed by atoms with van der Waals surface area (Å²) in [6.07, 6.45) is 9.55. The van der Waals surface area contributed by atoms with Crippen LogP contribution in [0, 0.1) is 18.1 Å². The van der Waals surface area contributed by atoms with Gasteiger partial charge in [-0.3, -0.25) is 4.98 Å². The summed E-state index contributed by atoms with van der Waals surface area (Å²) in [6, 6.07) is 37.8. The fraction of sp³-hybridized carbons (Fsp3) is 0.256. The van der Waals surface area contributed by atoms with Crippen molar-refractivity contribution in [1.29, 1.82) is 0 Å². The Balaban J connectivity index is 0.000000149. The molecule has 9 rings (SSSR count). The monoisotopic (exact) mass is 806 g/mol. The van der Waals surface area contributed by atoms with Gasteiger partial charge in [0.2, 0.25) is 0 Å². The third-order valence-corrected chi connectivity index (χ3v) is 10.1. The van der Waals surface area contributed by atoms with Gasteiger partial charge in [-0.1, -0.05) is 85.7 Å². The Morgan fingerprint density at radius 3 is 2.48 bits per heavy atom. The van der Waals surface area contributed by atoms with E-state index < -0.39 is 0 Å². The molecule has 1 aliphatic heterocycles. The second-order valence-corrected chi connectivity index (χ2v) is 13.7. The van der Waals surface area contributed by atoms with Gasteiger partial charge < -0.3 is 14.0 Å². The van der Waals surface area contributed by atoms with Crippen molar-refractivity contribution in [1.82, 2.24) is 14.5 Å². The van der Waals surface area contributed by atoms with Gasteiger partial charge >= 0.3 is 0 Å². The summed E-state index contributed by atoms with van der Waals surface area (Å²) in [4.78, 5) is 9.55. The maximum absolute atomic E-state index is 6.13. The summed E-state index contributed by atoms with van der Waals surface area (Å²) in [5.74, 6) is 2.18. The quantitative estimate of drug-likeness (QED) is 0.166. The van der Waals surface area contributed by atoms with E-state index in [1.54, 1.807) is 0 Å². The van der Waals surface area contributed by atoms with Crippen molar-refractivity contribution in [3.63, 3.8) is 0 Å². The van der Waals surface area contributed by atoms with Crippen molar-refractivity contribution in [2.24, 2.45) is 5.92 Å². The minimum absolute atomic E-state index is 0. The van der Waals surface area contributed by atoms with Crippen LogP contribution in [0.5, 0.6) is 0 Å². The molecule has 7 aromatic rings. The zero-order valence-electron chi connectivity index (χ0n) is 27.9. The standard InChI is InChI=1S/C22H18NO.C21H21N2.Ir/c1-2-7-15(6-1)16-12-13-23-20(14-16)19-10-5-9-18-17-8-3-4-11-21(17)24-22(18)19;1-14(2)17-13-16-11-8-12-18-19(16)23(21(17,3)4)20(22-18)15-9-6-5-7-10-15;/h3-5,8-9,11-15H,1-2,6-7H2;5-9,11-14H,1-4H3;/q2*-1;. The van der Waals surface area contributed by atoms with Crippen LogP contribution < -0.4 is 0 Å². The van der Waals surface area contributed by atoms with Gasteiger partial charge in [-0.2, -0.15) is 0 Å². The topological polar surface area (TPSA) is 43.9 Å². The van der Waals surface area contributed by atoms with Crippen molar-refractivity contribution < 1.29 is 24.5 Å². The van der Waals surface area contributed by atoms with Crippen LogP contribution in [0.1, 0.15) is 70.4 Å². The third kappa shape index (κ3) is 5.53. The van der Waals surface area contributed by atoms with Crippen LogP contribution in [0.3, 0.4) is 0 Å². The molecule has 1 aliphatic carbocycles. The molecular weight excluding hydrogens is 767 g/mol. The van der Waals surface area contributed by atoms with Crippen molar-refractivity contribution in [2.75, 3.05) is 0 Å². The van der Waals surface area contributed by atoms with E-state index in [0.29, 0.717) is 11.8 Å². The molecule has 0 atom stereocenters. The molecule has 0 unspecified atom stereocenters. The number of hydrogen-bond donors (Lipinski definition) is 0. The summed E-state index contributed by atoms with van der Waals surface area (Å²) in [5.41, 5.74) is 11.1. The SMILES string of the molecule is CC(C)C1=Cc2cccc3nc(-c4[c-]cccc4)n(c23)C1(C)C.[Ir].[c-]1ccc2c(oc3ccccc32)c1-c1cc(C2CCCC2)ccn1. The van der Waals surface area contributed by atoms with Gasteiger partial charge in [0.15, 0.2) is 0 Å². The van der Waals surface area contributed by atoms with Gasteiger partial charge in [-0.05, 0) is 73.6 Å². The molecule has 0 spiro atoms. The van der Waals surface area contributed by atoms with Crippen molar-refractivity contribution in [3.8, 4) is 22.6 Å². The number of imidazole rings is 1. The Labute approximate surface area is 296 Å². The molecule has 4 heterocycles. The normalized spacial score (nSPS) is 15.4. The van der Waals surface area contributed by atoms with Crippen LogP contribution in [0.15, 0.2) is 107 Å². The van der Waals surface area contributed by atoms with Crippen LogP contribution in [0.4, 0.5) is 0 Å². The van der Waals surface area contributed by atoms with Gasteiger partial charge in [-0.15, -0.1) is 54.1 Å². The molecule has 1 fully saturated rings. The number of pyridine rings is 1. The smallest absolute Gasteiger partial charge is 0.120 e. The van der Waals surface area contributed by atoms with Crippen LogP contribution in [-0.2, 0) is 25.6 Å². The number of aromatic nitrogens is 3. The number of furan rings is 1. The Kier molecular flexibility index (Phi) is 8.70. The van der Waals surface area contributed by atoms with Crippen molar-refractivity contribution >= 4 is 39.0 Å². The fourth-order valence-corrected chi connectivity index (χ4v) is 7.85. The molecular formula is C43H39IrN3O-2. The minimum Gasteiger partial charge on any atom is -0.501 e. The average Bonchev–Trinajstić information content (AvgIpc) is 3.86. The Morgan fingerprint density at radius 1 is 0.875 bits per heavy atom. The van der Waals surface area contributed by atoms with E-state index in [1.807, 2.05) is 48.7 Å². The number of benzene rings is 4. The molecule has 3 aromatic heterocycles. The van der Waals surface area contributed by atoms with Crippen molar-refractivity contribution in [2.45, 2.75) is 64.8 Å². The number of allylic oxidation sites excluding steroid dienone is 1. The largest absolute Gasteiger partial charge is 0.501 e. The van der Waals surface area contributed by atoms with E-state index in [2.05, 4.69) is 104 Å². The van der Waals surface area contributed by atoms with Gasteiger partial charge in [0.1, 0.15) is 5.58 Å². The molecule has 48 heavy (non-hydrogen) atoms. The number of rotatable bonds is 4. The molecule has 0 amide bonds. The predicted octanol–water partition coefficient (Wildman–Crippen LogP) is 11.4. The molecule has 0 saturated heterocycles. The third-order valence-electron chi connectivity index (χ3n) is 10.1. The molecule has 1 saturated carbocycles. The van der Waals surface area contributed by atoms with Crippen LogP contribution >= 0.6 is 0 Å². The van der Waals surface area contributed by atoms with E-state index in [0.717, 1.165) is 50.1 Å². The minimum atomic E-state index is -0.101. The Bertz CT molecular complexity index is 2270. The number of nitrogens with zero attached hydrogens (tertiary/aromatic N) is 3. The fourth-order valence-electron chi connectivity index (χ4n) is 7.85. The molecule has 243 valence electrons. The second-order valence-electron chi connectivity index (χ2n) is 13.7. The van der Waals surface area contributed by atoms with Gasteiger partial charge in [-0.25, -0.2) is 0 Å². The average molecular weight is 806 g/mol. The first-order valence-corrected chi connectivity index (χ1v) is 16.9. The second kappa shape index (κ2) is 13.0. The van der Waals surface area contributed by atoms with E-state index in [1.165, 1.54) is 47.9 Å². The Hall–Kier alpha value is -4.31. The summed E-state index contributed by atoms with van der Waals surface area (Å²) in [6.45, 7) is 9.12. The summed E-state index contributed by atoms with van der Waals surface area (Å²) in [5, 5.41) is 2.28. The summed E-state index contributed by atoms with van der Waals surface area (Å²) >= 11 is 0. The molecule has 0 N–H and O–H groups in total. The first kappa shape index (κ1) is 32.2. The van der Waals surface area contributed by atoms with E-state index in [9.17, 15) is 0 Å². The van der Waals surface area contributed by atoms with E-state index >= 15 is 0 Å². The molecule has 0 bridgehead atoms.